The summed E-state index contributed by atoms with van der Waals surface area (Å²) in [5.41, 5.74) is 7.10. The molecule has 0 N–H and O–H groups in total. The van der Waals surface area contributed by atoms with Crippen LogP contribution in [0.1, 0.15) is 61.8 Å². The Morgan fingerprint density at radius 2 is 1.46 bits per heavy atom. The first-order valence-corrected chi connectivity index (χ1v) is 8.98. The highest BCUT2D eigenvalue weighted by atomic mass is 15.5. The first-order chi connectivity index (χ1) is 12.4. The summed E-state index contributed by atoms with van der Waals surface area (Å²) in [4.78, 5) is 4.24. The smallest absolute Gasteiger partial charge is 0.179 e. The van der Waals surface area contributed by atoms with Gasteiger partial charge in [0, 0.05) is 24.8 Å². The number of pyridine rings is 2. The van der Waals surface area contributed by atoms with Crippen LogP contribution in [0, 0.1) is 13.8 Å². The highest BCUT2D eigenvalue weighted by Crippen LogP contribution is 2.20. The molecule has 0 aromatic carbocycles. The molecular formula is C20H26N6. The highest BCUT2D eigenvalue weighted by Gasteiger charge is 2.07. The molecule has 136 valence electrons. The van der Waals surface area contributed by atoms with Gasteiger partial charge in [0.15, 0.2) is 5.65 Å². The van der Waals surface area contributed by atoms with E-state index in [1.807, 2.05) is 24.7 Å². The minimum Gasteiger partial charge on any atom is -0.307 e. The van der Waals surface area contributed by atoms with Gasteiger partial charge in [-0.3, -0.25) is 0 Å². The van der Waals surface area contributed by atoms with E-state index in [2.05, 4.69) is 78.7 Å². The van der Waals surface area contributed by atoms with Crippen molar-refractivity contribution in [2.45, 2.75) is 53.4 Å². The maximum atomic E-state index is 4.24. The molecule has 0 atom stereocenters. The number of aromatic nitrogens is 6. The Kier molecular flexibility index (Phi) is 5.02. The second-order valence-corrected chi connectivity index (χ2v) is 7.31. The summed E-state index contributed by atoms with van der Waals surface area (Å²) in [6, 6.07) is 4.14. The average molecular weight is 350 g/mol. The number of fused-ring (bicyclic) bond motifs is 2. The van der Waals surface area contributed by atoms with Crippen molar-refractivity contribution in [3.8, 4) is 0 Å². The van der Waals surface area contributed by atoms with Gasteiger partial charge in [0.25, 0.3) is 0 Å². The molecule has 26 heavy (non-hydrogen) atoms. The Morgan fingerprint density at radius 3 is 2.12 bits per heavy atom. The summed E-state index contributed by atoms with van der Waals surface area (Å²) in [5.74, 6) is 1.08. The van der Waals surface area contributed by atoms with Crippen LogP contribution < -0.4 is 0 Å². The van der Waals surface area contributed by atoms with Crippen LogP contribution in [0.4, 0.5) is 0 Å². The van der Waals surface area contributed by atoms with Crippen LogP contribution in [0.25, 0.3) is 11.3 Å². The Hall–Kier alpha value is -2.76. The molecule has 4 aromatic rings. The fourth-order valence-corrected chi connectivity index (χ4v) is 3.18. The zero-order valence-corrected chi connectivity index (χ0v) is 16.3. The lowest BCUT2D eigenvalue weighted by atomic mass is 10.0. The lowest BCUT2D eigenvalue weighted by Crippen LogP contribution is -1.97. The Labute approximate surface area is 153 Å². The molecule has 4 aromatic heterocycles. The highest BCUT2D eigenvalue weighted by molar-refractivity contribution is 5.45. The second-order valence-electron chi connectivity index (χ2n) is 7.31. The van der Waals surface area contributed by atoms with Gasteiger partial charge in [0.1, 0.15) is 5.65 Å². The fourth-order valence-electron chi connectivity index (χ4n) is 3.18. The van der Waals surface area contributed by atoms with E-state index < -0.39 is 0 Å². The van der Waals surface area contributed by atoms with Gasteiger partial charge in [-0.15, -0.1) is 5.10 Å². The minimum atomic E-state index is 0.508. The van der Waals surface area contributed by atoms with Gasteiger partial charge < -0.3 is 4.40 Å². The number of aryl methyl sites for hydroxylation is 2. The zero-order valence-electron chi connectivity index (χ0n) is 16.3. The van der Waals surface area contributed by atoms with Crippen LogP contribution in [0.3, 0.4) is 0 Å². The fraction of sp³-hybridized carbons (Fsp3) is 0.400. The molecule has 0 saturated heterocycles. The van der Waals surface area contributed by atoms with Crippen molar-refractivity contribution in [3.63, 3.8) is 0 Å². The van der Waals surface area contributed by atoms with E-state index in [1.165, 1.54) is 22.3 Å². The summed E-state index contributed by atoms with van der Waals surface area (Å²) >= 11 is 0. The largest absolute Gasteiger partial charge is 0.307 e. The predicted molar refractivity (Wildman–Crippen MR) is 104 cm³/mol. The van der Waals surface area contributed by atoms with E-state index >= 15 is 0 Å². The molecule has 0 aliphatic carbocycles. The van der Waals surface area contributed by atoms with Crippen molar-refractivity contribution < 1.29 is 0 Å². The number of nitrogens with zero attached hydrogens (tertiary/aromatic N) is 6. The maximum absolute atomic E-state index is 4.24. The van der Waals surface area contributed by atoms with E-state index in [1.54, 1.807) is 4.52 Å². The molecule has 0 saturated carbocycles. The average Bonchev–Trinajstić information content (AvgIpc) is 3.21. The van der Waals surface area contributed by atoms with Crippen molar-refractivity contribution in [2.75, 3.05) is 0 Å². The quantitative estimate of drug-likeness (QED) is 0.540. The van der Waals surface area contributed by atoms with Gasteiger partial charge in [-0.05, 0) is 70.5 Å². The molecule has 0 aliphatic heterocycles. The van der Waals surface area contributed by atoms with Crippen molar-refractivity contribution in [3.05, 3.63) is 59.2 Å². The molecule has 0 spiro atoms. The van der Waals surface area contributed by atoms with Gasteiger partial charge in [-0.2, -0.15) is 0 Å². The second kappa shape index (κ2) is 7.23. The van der Waals surface area contributed by atoms with E-state index in [9.17, 15) is 0 Å². The molecule has 4 heterocycles. The van der Waals surface area contributed by atoms with Crippen LogP contribution in [-0.2, 0) is 0 Å². The standard InChI is InChI=1S/C11H14N2.C9H12N4/c1-8(2)10-7-13-5-4-12-11(13)6-9(10)3;1-6(2)8-5-13-9(4-7(8)3)10-11-12-13/h4-8H,1-3H3;4-6H,1-3H3. The van der Waals surface area contributed by atoms with E-state index in [4.69, 9.17) is 0 Å². The molecule has 6 nitrogen and oxygen atoms in total. The molecule has 0 amide bonds. The summed E-state index contributed by atoms with van der Waals surface area (Å²) in [7, 11) is 0. The van der Waals surface area contributed by atoms with E-state index in [0.717, 1.165) is 11.3 Å². The van der Waals surface area contributed by atoms with Crippen molar-refractivity contribution in [1.82, 2.24) is 29.4 Å². The minimum absolute atomic E-state index is 0.508. The molecule has 0 unspecified atom stereocenters. The number of tetrazole rings is 1. The normalized spacial score (nSPS) is 11.4. The first-order valence-electron chi connectivity index (χ1n) is 8.98. The van der Waals surface area contributed by atoms with Crippen LogP contribution in [0.2, 0.25) is 0 Å². The summed E-state index contributed by atoms with van der Waals surface area (Å²) in [6.45, 7) is 13.0. The summed E-state index contributed by atoms with van der Waals surface area (Å²) in [5, 5.41) is 11.3. The van der Waals surface area contributed by atoms with E-state index in [0.29, 0.717) is 11.8 Å². The molecule has 0 fully saturated rings. The predicted octanol–water partition coefficient (Wildman–Crippen LogP) is 4.32. The van der Waals surface area contributed by atoms with Crippen molar-refractivity contribution >= 4 is 11.3 Å². The van der Waals surface area contributed by atoms with Crippen LogP contribution in [0.15, 0.2) is 36.9 Å². The zero-order chi connectivity index (χ0) is 18.8. The molecule has 0 radical (unpaired) electrons. The van der Waals surface area contributed by atoms with Gasteiger partial charge >= 0.3 is 0 Å². The molecule has 4 rings (SSSR count). The molecule has 6 heteroatoms. The lowest BCUT2D eigenvalue weighted by Gasteiger charge is -2.09. The number of hydrogen-bond acceptors (Lipinski definition) is 4. The SMILES string of the molecule is Cc1cc2nccn2cc1C(C)C.Cc1cc2nnnn2cc1C(C)C. The molecule has 0 aliphatic rings. The van der Waals surface area contributed by atoms with Crippen LogP contribution in [-0.4, -0.2) is 29.4 Å². The van der Waals surface area contributed by atoms with Crippen molar-refractivity contribution in [2.24, 2.45) is 0 Å². The van der Waals surface area contributed by atoms with Gasteiger partial charge in [0.2, 0.25) is 0 Å². The van der Waals surface area contributed by atoms with Crippen LogP contribution >= 0.6 is 0 Å². The summed E-state index contributed by atoms with van der Waals surface area (Å²) < 4.78 is 3.78. The molecular weight excluding hydrogens is 324 g/mol. The third kappa shape index (κ3) is 3.59. The van der Waals surface area contributed by atoms with Gasteiger partial charge in [0.05, 0.1) is 0 Å². The third-order valence-corrected chi connectivity index (χ3v) is 4.60. The molecule has 0 bridgehead atoms. The third-order valence-electron chi connectivity index (χ3n) is 4.60. The Balaban J connectivity index is 0.000000151. The Morgan fingerprint density at radius 1 is 0.846 bits per heavy atom. The summed E-state index contributed by atoms with van der Waals surface area (Å²) in [6.07, 6.45) is 7.98. The number of imidazole rings is 1. The Bertz CT molecular complexity index is 941. The topological polar surface area (TPSA) is 60.4 Å². The van der Waals surface area contributed by atoms with Crippen LogP contribution in [0.5, 0.6) is 0 Å². The number of rotatable bonds is 2. The van der Waals surface area contributed by atoms with Crippen molar-refractivity contribution in [1.29, 1.82) is 0 Å². The van der Waals surface area contributed by atoms with Gasteiger partial charge in [-0.1, -0.05) is 27.7 Å². The van der Waals surface area contributed by atoms with Gasteiger partial charge in [-0.25, -0.2) is 9.50 Å². The monoisotopic (exact) mass is 350 g/mol. The van der Waals surface area contributed by atoms with E-state index in [-0.39, 0.29) is 0 Å². The number of hydrogen-bond donors (Lipinski definition) is 0. The maximum Gasteiger partial charge on any atom is 0.179 e. The first kappa shape index (κ1) is 18.0. The lowest BCUT2D eigenvalue weighted by molar-refractivity contribution is 0.790.